The maximum Gasteiger partial charge on any atom is 0.241 e. The first-order chi connectivity index (χ1) is 15.8. The number of anilines is 2. The second-order valence-corrected chi connectivity index (χ2v) is 10.6. The van der Waals surface area contributed by atoms with Crippen LogP contribution in [0.3, 0.4) is 0 Å². The van der Waals surface area contributed by atoms with Crippen LogP contribution in [0.4, 0.5) is 11.4 Å². The Morgan fingerprint density at radius 2 is 1.64 bits per heavy atom. The van der Waals surface area contributed by atoms with E-state index in [1.165, 1.54) is 24.8 Å². The van der Waals surface area contributed by atoms with E-state index in [-0.39, 0.29) is 6.04 Å². The van der Waals surface area contributed by atoms with Crippen LogP contribution in [-0.4, -0.2) is 58.7 Å². The third kappa shape index (κ3) is 7.47. The fourth-order valence-electron chi connectivity index (χ4n) is 4.12. The van der Waals surface area contributed by atoms with E-state index in [2.05, 4.69) is 46.1 Å². The van der Waals surface area contributed by atoms with Crippen molar-refractivity contribution in [1.29, 1.82) is 0 Å². The van der Waals surface area contributed by atoms with Gasteiger partial charge >= 0.3 is 0 Å². The molecule has 8 heteroatoms. The SMILES string of the molecule is CCc1ccc(C(CNC(=O)CS(=O)(=O)Nc2ccc(N3CCCCC3)cc2)N(C)C)cc1. The van der Waals surface area contributed by atoms with E-state index < -0.39 is 21.7 Å². The summed E-state index contributed by atoms with van der Waals surface area (Å²) in [5.74, 6) is -1.14. The summed E-state index contributed by atoms with van der Waals surface area (Å²) in [4.78, 5) is 16.7. The molecular formula is C25H36N4O3S. The van der Waals surface area contributed by atoms with Crippen molar-refractivity contribution in [2.45, 2.75) is 38.6 Å². The first kappa shape index (κ1) is 25.1. The zero-order chi connectivity index (χ0) is 23.8. The van der Waals surface area contributed by atoms with Gasteiger partial charge in [-0.1, -0.05) is 31.2 Å². The highest BCUT2D eigenvalue weighted by Gasteiger charge is 2.20. The van der Waals surface area contributed by atoms with E-state index in [1.807, 2.05) is 31.1 Å². The topological polar surface area (TPSA) is 81.7 Å². The minimum atomic E-state index is -3.80. The van der Waals surface area contributed by atoms with Gasteiger partial charge in [0.2, 0.25) is 15.9 Å². The predicted molar refractivity (Wildman–Crippen MR) is 135 cm³/mol. The fourth-order valence-corrected chi connectivity index (χ4v) is 5.13. The Hall–Kier alpha value is -2.58. The number of nitrogens with one attached hydrogen (secondary N) is 2. The molecule has 33 heavy (non-hydrogen) atoms. The van der Waals surface area contributed by atoms with Crippen LogP contribution < -0.4 is 14.9 Å². The average molecular weight is 473 g/mol. The number of likely N-dealkylation sites (N-methyl/N-ethyl adjacent to an activating group) is 1. The van der Waals surface area contributed by atoms with E-state index in [0.717, 1.165) is 30.8 Å². The number of benzene rings is 2. The van der Waals surface area contributed by atoms with Gasteiger partial charge in [0.25, 0.3) is 0 Å². The van der Waals surface area contributed by atoms with Gasteiger partial charge in [-0.2, -0.15) is 0 Å². The van der Waals surface area contributed by atoms with E-state index in [4.69, 9.17) is 0 Å². The summed E-state index contributed by atoms with van der Waals surface area (Å²) in [6, 6.07) is 15.6. The molecule has 180 valence electrons. The molecule has 1 saturated heterocycles. The molecule has 7 nitrogen and oxygen atoms in total. The maximum absolute atomic E-state index is 12.5. The van der Waals surface area contributed by atoms with Crippen molar-refractivity contribution < 1.29 is 13.2 Å². The molecule has 1 unspecified atom stereocenters. The summed E-state index contributed by atoms with van der Waals surface area (Å²) >= 11 is 0. The highest BCUT2D eigenvalue weighted by molar-refractivity contribution is 7.93. The van der Waals surface area contributed by atoms with Crippen LogP contribution >= 0.6 is 0 Å². The van der Waals surface area contributed by atoms with Crippen LogP contribution in [0.25, 0.3) is 0 Å². The molecule has 1 fully saturated rings. The summed E-state index contributed by atoms with van der Waals surface area (Å²) in [5.41, 5.74) is 3.89. The van der Waals surface area contributed by atoms with Crippen LogP contribution in [0.1, 0.15) is 43.4 Å². The van der Waals surface area contributed by atoms with Gasteiger partial charge < -0.3 is 15.1 Å². The molecule has 1 aliphatic heterocycles. The van der Waals surface area contributed by atoms with Crippen molar-refractivity contribution in [1.82, 2.24) is 10.2 Å². The Kier molecular flexibility index (Phi) is 8.74. The van der Waals surface area contributed by atoms with Gasteiger partial charge in [-0.05, 0) is 75.2 Å². The van der Waals surface area contributed by atoms with Crippen molar-refractivity contribution in [3.63, 3.8) is 0 Å². The lowest BCUT2D eigenvalue weighted by atomic mass is 10.0. The van der Waals surface area contributed by atoms with Crippen molar-refractivity contribution in [3.05, 3.63) is 59.7 Å². The lowest BCUT2D eigenvalue weighted by molar-refractivity contribution is -0.118. The standard InChI is InChI=1S/C25H36N4O3S/c1-4-20-8-10-21(11-9-20)24(28(2)3)18-26-25(30)19-33(31,32)27-22-12-14-23(15-13-22)29-16-6-5-7-17-29/h8-15,24,27H,4-7,16-19H2,1-3H3,(H,26,30). The Bertz CT molecular complexity index is 999. The molecule has 0 aliphatic carbocycles. The zero-order valence-electron chi connectivity index (χ0n) is 19.9. The fraction of sp³-hybridized carbons (Fsp3) is 0.480. The number of sulfonamides is 1. The Morgan fingerprint density at radius 3 is 2.21 bits per heavy atom. The number of aryl methyl sites for hydroxylation is 1. The molecule has 0 radical (unpaired) electrons. The van der Waals surface area contributed by atoms with Crippen molar-refractivity contribution in [3.8, 4) is 0 Å². The minimum absolute atomic E-state index is 0.0437. The van der Waals surface area contributed by atoms with Gasteiger partial charge in [0.05, 0.1) is 6.04 Å². The largest absolute Gasteiger partial charge is 0.372 e. The molecule has 2 aromatic rings. The number of rotatable bonds is 10. The molecule has 0 saturated carbocycles. The molecule has 0 spiro atoms. The van der Waals surface area contributed by atoms with E-state index >= 15 is 0 Å². The van der Waals surface area contributed by atoms with Crippen molar-refractivity contribution in [2.24, 2.45) is 0 Å². The van der Waals surface area contributed by atoms with E-state index in [1.54, 1.807) is 12.1 Å². The third-order valence-electron chi connectivity index (χ3n) is 6.07. The number of nitrogens with zero attached hydrogens (tertiary/aromatic N) is 2. The number of piperidine rings is 1. The first-order valence-electron chi connectivity index (χ1n) is 11.6. The summed E-state index contributed by atoms with van der Waals surface area (Å²) in [6.45, 7) is 4.50. The molecular weight excluding hydrogens is 436 g/mol. The first-order valence-corrected chi connectivity index (χ1v) is 13.3. The molecule has 0 bridgehead atoms. The highest BCUT2D eigenvalue weighted by Crippen LogP contribution is 2.22. The molecule has 1 atom stereocenters. The normalized spacial score (nSPS) is 15.3. The number of carbonyl (C=O) groups excluding carboxylic acids is 1. The van der Waals surface area contributed by atoms with Gasteiger partial charge in [-0.3, -0.25) is 9.52 Å². The van der Waals surface area contributed by atoms with Crippen molar-refractivity contribution >= 4 is 27.3 Å². The predicted octanol–water partition coefficient (Wildman–Crippen LogP) is 3.40. The zero-order valence-corrected chi connectivity index (χ0v) is 20.7. The molecule has 2 aromatic carbocycles. The van der Waals surface area contributed by atoms with Crippen LogP contribution in [0, 0.1) is 0 Å². The quantitative estimate of drug-likeness (QED) is 0.554. The number of hydrogen-bond acceptors (Lipinski definition) is 5. The number of carbonyl (C=O) groups is 1. The lowest BCUT2D eigenvalue weighted by Crippen LogP contribution is -2.38. The lowest BCUT2D eigenvalue weighted by Gasteiger charge is -2.28. The summed E-state index contributed by atoms with van der Waals surface area (Å²) in [6.07, 6.45) is 4.59. The third-order valence-corrected chi connectivity index (χ3v) is 7.26. The van der Waals surface area contributed by atoms with Crippen LogP contribution in [0.2, 0.25) is 0 Å². The summed E-state index contributed by atoms with van der Waals surface area (Å²) in [5, 5.41) is 2.78. The van der Waals surface area contributed by atoms with E-state index in [9.17, 15) is 13.2 Å². The number of hydrogen-bond donors (Lipinski definition) is 2. The summed E-state index contributed by atoms with van der Waals surface area (Å²) < 4.78 is 27.6. The van der Waals surface area contributed by atoms with Gasteiger partial charge in [-0.25, -0.2) is 8.42 Å². The maximum atomic E-state index is 12.5. The molecule has 1 aliphatic rings. The van der Waals surface area contributed by atoms with Crippen LogP contribution in [0.5, 0.6) is 0 Å². The monoisotopic (exact) mass is 472 g/mol. The Balaban J connectivity index is 1.53. The Labute approximate surface area is 198 Å². The van der Waals surface area contributed by atoms with E-state index in [0.29, 0.717) is 12.2 Å². The van der Waals surface area contributed by atoms with Crippen molar-refractivity contribution in [2.75, 3.05) is 49.1 Å². The smallest absolute Gasteiger partial charge is 0.241 e. The highest BCUT2D eigenvalue weighted by atomic mass is 32.2. The van der Waals surface area contributed by atoms with Gasteiger partial charge in [0, 0.05) is 31.0 Å². The molecule has 1 heterocycles. The molecule has 0 aromatic heterocycles. The minimum Gasteiger partial charge on any atom is -0.372 e. The molecule has 1 amide bonds. The van der Waals surface area contributed by atoms with Gasteiger partial charge in [0.15, 0.2) is 0 Å². The average Bonchev–Trinajstić information content (AvgIpc) is 2.80. The molecule has 3 rings (SSSR count). The molecule has 2 N–H and O–H groups in total. The summed E-state index contributed by atoms with van der Waals surface area (Å²) in [7, 11) is 0.0791. The second kappa shape index (κ2) is 11.5. The van der Waals surface area contributed by atoms with Gasteiger partial charge in [0.1, 0.15) is 5.75 Å². The Morgan fingerprint density at radius 1 is 1.00 bits per heavy atom. The van der Waals surface area contributed by atoms with Crippen LogP contribution in [-0.2, 0) is 21.2 Å². The van der Waals surface area contributed by atoms with Crippen LogP contribution in [0.15, 0.2) is 48.5 Å². The van der Waals surface area contributed by atoms with Gasteiger partial charge in [-0.15, -0.1) is 0 Å². The second-order valence-electron chi connectivity index (χ2n) is 8.83. The number of amides is 1.